The Balaban J connectivity index is 1.60. The van der Waals surface area contributed by atoms with Crippen LogP contribution in [0.15, 0.2) is 10.4 Å². The minimum Gasteiger partial charge on any atom is -0.385 e. The van der Waals surface area contributed by atoms with Gasteiger partial charge in [0.2, 0.25) is 0 Å². The molecule has 7 nitrogen and oxygen atoms in total. The van der Waals surface area contributed by atoms with E-state index >= 15 is 0 Å². The Kier molecular flexibility index (Phi) is 9.73. The van der Waals surface area contributed by atoms with E-state index in [2.05, 4.69) is 37.9 Å². The average Bonchev–Trinajstić information content (AvgIpc) is 3.32. The number of guanidine groups is 1. The highest BCUT2D eigenvalue weighted by atomic mass is 32.1. The maximum Gasteiger partial charge on any atom is 0.191 e. The molecule has 1 aliphatic rings. The minimum absolute atomic E-state index is 0.817. The molecule has 0 radical (unpaired) electrons. The lowest BCUT2D eigenvalue weighted by Gasteiger charge is -2.18. The van der Waals surface area contributed by atoms with Crippen molar-refractivity contribution in [3.05, 3.63) is 11.1 Å². The number of nitrogens with one attached hydrogen (secondary N) is 2. The van der Waals surface area contributed by atoms with Crippen molar-refractivity contribution in [3.63, 3.8) is 0 Å². The van der Waals surface area contributed by atoms with Gasteiger partial charge in [0, 0.05) is 71.8 Å². The number of methoxy groups -OCH3 is 1. The largest absolute Gasteiger partial charge is 0.385 e. The van der Waals surface area contributed by atoms with Gasteiger partial charge in [-0.3, -0.25) is 4.99 Å². The van der Waals surface area contributed by atoms with Crippen LogP contribution in [0.2, 0.25) is 0 Å². The fourth-order valence-corrected chi connectivity index (χ4v) is 3.86. The van der Waals surface area contributed by atoms with Crippen LogP contribution in [0.3, 0.4) is 0 Å². The molecule has 8 heteroatoms. The molecule has 0 bridgehead atoms. The van der Waals surface area contributed by atoms with Gasteiger partial charge in [-0.2, -0.15) is 0 Å². The number of nitrogens with zero attached hydrogens (tertiary/aromatic N) is 4. The molecule has 0 atom stereocenters. The van der Waals surface area contributed by atoms with Crippen LogP contribution in [0.25, 0.3) is 0 Å². The molecule has 0 saturated carbocycles. The smallest absolute Gasteiger partial charge is 0.191 e. The zero-order valence-corrected chi connectivity index (χ0v) is 17.3. The fraction of sp³-hybridized carbons (Fsp3) is 0.778. The Labute approximate surface area is 161 Å². The Morgan fingerprint density at radius 3 is 2.81 bits per heavy atom. The van der Waals surface area contributed by atoms with Gasteiger partial charge >= 0.3 is 0 Å². The van der Waals surface area contributed by atoms with Crippen LogP contribution in [0.4, 0.5) is 5.13 Å². The van der Waals surface area contributed by atoms with Crippen molar-refractivity contribution in [1.29, 1.82) is 0 Å². The maximum atomic E-state index is 5.08. The highest BCUT2D eigenvalue weighted by Gasteiger charge is 2.15. The molecular weight excluding hydrogens is 348 g/mol. The van der Waals surface area contributed by atoms with Gasteiger partial charge in [-0.15, -0.1) is 11.3 Å². The van der Waals surface area contributed by atoms with E-state index in [1.54, 1.807) is 18.4 Å². The number of aromatic nitrogens is 1. The molecule has 0 amide bonds. The third kappa shape index (κ3) is 7.47. The van der Waals surface area contributed by atoms with Crippen molar-refractivity contribution in [2.24, 2.45) is 4.99 Å². The van der Waals surface area contributed by atoms with Crippen molar-refractivity contribution in [1.82, 2.24) is 20.5 Å². The van der Waals surface area contributed by atoms with Crippen LogP contribution in [0, 0.1) is 0 Å². The predicted octanol–water partition coefficient (Wildman–Crippen LogP) is 1.42. The standard InChI is InChI=1S/C18H34N6OS/c1-19-17(21-9-13-23(2)10-6-14-25-3)20-8-7-16-15-26-18(22-16)24-11-4-5-12-24/h15H,4-14H2,1-3H3,(H2,19,20,21). The van der Waals surface area contributed by atoms with Crippen LogP contribution in [-0.2, 0) is 11.2 Å². The van der Waals surface area contributed by atoms with Gasteiger partial charge < -0.3 is 25.2 Å². The van der Waals surface area contributed by atoms with Gasteiger partial charge in [0.15, 0.2) is 11.1 Å². The normalized spacial score (nSPS) is 15.1. The lowest BCUT2D eigenvalue weighted by Crippen LogP contribution is -2.41. The van der Waals surface area contributed by atoms with E-state index < -0.39 is 0 Å². The van der Waals surface area contributed by atoms with Crippen LogP contribution >= 0.6 is 11.3 Å². The lowest BCUT2D eigenvalue weighted by atomic mass is 10.3. The van der Waals surface area contributed by atoms with E-state index in [-0.39, 0.29) is 0 Å². The van der Waals surface area contributed by atoms with Crippen LogP contribution in [0.5, 0.6) is 0 Å². The maximum absolute atomic E-state index is 5.08. The second-order valence-electron chi connectivity index (χ2n) is 6.64. The summed E-state index contributed by atoms with van der Waals surface area (Å²) < 4.78 is 5.08. The van der Waals surface area contributed by atoms with E-state index in [9.17, 15) is 0 Å². The van der Waals surface area contributed by atoms with E-state index in [0.29, 0.717) is 0 Å². The van der Waals surface area contributed by atoms with Gasteiger partial charge in [-0.25, -0.2) is 4.98 Å². The summed E-state index contributed by atoms with van der Waals surface area (Å²) in [5, 5.41) is 10.1. The van der Waals surface area contributed by atoms with Crippen molar-refractivity contribution >= 4 is 22.4 Å². The van der Waals surface area contributed by atoms with Gasteiger partial charge in [0.1, 0.15) is 0 Å². The first-order chi connectivity index (χ1) is 12.7. The van der Waals surface area contributed by atoms with E-state index in [4.69, 9.17) is 9.72 Å². The first-order valence-corrected chi connectivity index (χ1v) is 10.4. The number of ether oxygens (including phenoxy) is 1. The average molecular weight is 383 g/mol. The number of aliphatic imine (C=N–C) groups is 1. The summed E-state index contributed by atoms with van der Waals surface area (Å²) in [6.45, 7) is 6.87. The first-order valence-electron chi connectivity index (χ1n) is 9.54. The van der Waals surface area contributed by atoms with Crippen LogP contribution < -0.4 is 15.5 Å². The summed E-state index contributed by atoms with van der Waals surface area (Å²) in [5.41, 5.74) is 1.16. The molecule has 2 N–H and O–H groups in total. The zero-order chi connectivity index (χ0) is 18.6. The first kappa shape index (κ1) is 20.9. The topological polar surface area (TPSA) is 65.0 Å². The molecule has 1 aromatic heterocycles. The number of likely N-dealkylation sites (N-methyl/N-ethyl adjacent to an activating group) is 1. The summed E-state index contributed by atoms with van der Waals surface area (Å²) in [4.78, 5) is 13.7. The van der Waals surface area contributed by atoms with Gasteiger partial charge in [0.25, 0.3) is 0 Å². The van der Waals surface area contributed by atoms with Crippen molar-refractivity contribution in [3.8, 4) is 0 Å². The number of thiazole rings is 1. The number of hydrogen-bond acceptors (Lipinski definition) is 6. The summed E-state index contributed by atoms with van der Waals surface area (Å²) in [6.07, 6.45) is 4.56. The summed E-state index contributed by atoms with van der Waals surface area (Å²) in [5.74, 6) is 0.852. The SMILES string of the molecule is CN=C(NCCc1csc(N2CCCC2)n1)NCCN(C)CCCOC. The molecule has 148 valence electrons. The molecule has 1 aliphatic heterocycles. The lowest BCUT2D eigenvalue weighted by molar-refractivity contribution is 0.180. The molecule has 1 fully saturated rings. The Hall–Kier alpha value is -1.38. The number of hydrogen-bond donors (Lipinski definition) is 2. The van der Waals surface area contributed by atoms with Crippen LogP contribution in [0.1, 0.15) is 25.0 Å². The van der Waals surface area contributed by atoms with Crippen molar-refractivity contribution < 1.29 is 4.74 Å². The van der Waals surface area contributed by atoms with Gasteiger partial charge in [-0.1, -0.05) is 0 Å². The highest BCUT2D eigenvalue weighted by Crippen LogP contribution is 2.24. The summed E-state index contributed by atoms with van der Waals surface area (Å²) >= 11 is 1.76. The van der Waals surface area contributed by atoms with E-state index in [0.717, 1.165) is 70.4 Å². The third-order valence-electron chi connectivity index (χ3n) is 4.49. The Morgan fingerprint density at radius 1 is 1.31 bits per heavy atom. The molecule has 1 saturated heterocycles. The summed E-state index contributed by atoms with van der Waals surface area (Å²) in [6, 6.07) is 0. The zero-order valence-electron chi connectivity index (χ0n) is 16.5. The third-order valence-corrected chi connectivity index (χ3v) is 5.44. The van der Waals surface area contributed by atoms with Crippen molar-refractivity contribution in [2.45, 2.75) is 25.7 Å². The number of anilines is 1. The molecule has 0 unspecified atom stereocenters. The molecule has 26 heavy (non-hydrogen) atoms. The molecular formula is C18H34N6OS. The molecule has 0 aliphatic carbocycles. The monoisotopic (exact) mass is 382 g/mol. The second-order valence-corrected chi connectivity index (χ2v) is 7.48. The van der Waals surface area contributed by atoms with E-state index in [1.165, 1.54) is 18.0 Å². The molecule has 1 aromatic rings. The predicted molar refractivity (Wildman–Crippen MR) is 111 cm³/mol. The number of rotatable bonds is 11. The fourth-order valence-electron chi connectivity index (χ4n) is 2.95. The van der Waals surface area contributed by atoms with Gasteiger partial charge in [0.05, 0.1) is 5.69 Å². The Bertz CT molecular complexity index is 530. The minimum atomic E-state index is 0.817. The Morgan fingerprint density at radius 2 is 2.08 bits per heavy atom. The van der Waals surface area contributed by atoms with Crippen LogP contribution in [-0.4, -0.2) is 82.9 Å². The quantitative estimate of drug-likeness (QED) is 0.343. The summed E-state index contributed by atoms with van der Waals surface area (Å²) in [7, 11) is 5.69. The molecule has 2 heterocycles. The molecule has 2 rings (SSSR count). The molecule has 0 aromatic carbocycles. The van der Waals surface area contributed by atoms with Gasteiger partial charge in [-0.05, 0) is 26.3 Å². The van der Waals surface area contributed by atoms with Crippen molar-refractivity contribution in [2.75, 3.05) is 72.0 Å². The van der Waals surface area contributed by atoms with E-state index in [1.807, 2.05) is 7.05 Å². The molecule has 0 spiro atoms. The second kappa shape index (κ2) is 12.1. The highest BCUT2D eigenvalue weighted by molar-refractivity contribution is 7.13.